The van der Waals surface area contributed by atoms with Crippen LogP contribution in [0.5, 0.6) is 0 Å². The Hall–Kier alpha value is -0.910. The average Bonchev–Trinajstić information content (AvgIpc) is 2.36. The van der Waals surface area contributed by atoms with Crippen molar-refractivity contribution in [1.29, 1.82) is 0 Å². The number of halogens is 1. The Labute approximate surface area is 119 Å². The predicted molar refractivity (Wildman–Crippen MR) is 76.5 cm³/mol. The number of likely N-dealkylation sites (tertiary alicyclic amines) is 1. The minimum absolute atomic E-state index is 0.376. The van der Waals surface area contributed by atoms with Crippen LogP contribution in [0.4, 0.5) is 5.82 Å². The first-order valence-corrected chi connectivity index (χ1v) is 7.00. The van der Waals surface area contributed by atoms with Gasteiger partial charge in [0.15, 0.2) is 5.82 Å². The van der Waals surface area contributed by atoms with Gasteiger partial charge in [-0.25, -0.2) is 9.97 Å². The molecule has 0 saturated carbocycles. The van der Waals surface area contributed by atoms with E-state index in [0.717, 1.165) is 18.9 Å². The van der Waals surface area contributed by atoms with E-state index in [0.29, 0.717) is 23.5 Å². The molecule has 19 heavy (non-hydrogen) atoms. The van der Waals surface area contributed by atoms with Gasteiger partial charge in [-0.15, -0.1) is 0 Å². The largest absolute Gasteiger partial charge is 0.377 e. The van der Waals surface area contributed by atoms with Crippen LogP contribution in [0.15, 0.2) is 6.07 Å². The van der Waals surface area contributed by atoms with Gasteiger partial charge >= 0.3 is 0 Å². The molecule has 106 valence electrons. The highest BCUT2D eigenvalue weighted by Crippen LogP contribution is 2.17. The van der Waals surface area contributed by atoms with Crippen LogP contribution in [0.1, 0.15) is 18.7 Å². The zero-order valence-corrected chi connectivity index (χ0v) is 12.3. The molecule has 0 radical (unpaired) electrons. The van der Waals surface area contributed by atoms with Gasteiger partial charge in [0, 0.05) is 26.3 Å². The van der Waals surface area contributed by atoms with Gasteiger partial charge in [0.05, 0.1) is 0 Å². The molecule has 1 N–H and O–H groups in total. The van der Waals surface area contributed by atoms with E-state index in [4.69, 9.17) is 16.3 Å². The van der Waals surface area contributed by atoms with Crippen LogP contribution in [-0.4, -0.2) is 48.7 Å². The van der Waals surface area contributed by atoms with Crippen LogP contribution < -0.4 is 5.32 Å². The van der Waals surface area contributed by atoms with Crippen molar-refractivity contribution in [2.24, 2.45) is 5.92 Å². The van der Waals surface area contributed by atoms with Gasteiger partial charge in [-0.1, -0.05) is 11.6 Å². The summed E-state index contributed by atoms with van der Waals surface area (Å²) in [6.45, 7) is 3.63. The zero-order valence-electron chi connectivity index (χ0n) is 11.5. The number of nitrogens with one attached hydrogen (secondary N) is 1. The molecule has 0 aliphatic carbocycles. The minimum Gasteiger partial charge on any atom is -0.377 e. The van der Waals surface area contributed by atoms with Crippen LogP contribution in [0, 0.1) is 5.92 Å². The third-order valence-corrected chi connectivity index (χ3v) is 3.50. The summed E-state index contributed by atoms with van der Waals surface area (Å²) < 4.78 is 5.03. The van der Waals surface area contributed by atoms with E-state index in [1.165, 1.54) is 19.4 Å². The van der Waals surface area contributed by atoms with Gasteiger partial charge in [0.25, 0.3) is 0 Å². The normalized spacial score (nSPS) is 20.5. The van der Waals surface area contributed by atoms with Gasteiger partial charge in [-0.3, -0.25) is 0 Å². The van der Waals surface area contributed by atoms with Crippen LogP contribution >= 0.6 is 11.6 Å². The summed E-state index contributed by atoms with van der Waals surface area (Å²) in [6, 6.07) is 1.76. The summed E-state index contributed by atoms with van der Waals surface area (Å²) in [5, 5.41) is 3.81. The Kier molecular flexibility index (Phi) is 5.36. The van der Waals surface area contributed by atoms with Crippen molar-refractivity contribution in [1.82, 2.24) is 14.9 Å². The Morgan fingerprint density at radius 2 is 2.37 bits per heavy atom. The summed E-state index contributed by atoms with van der Waals surface area (Å²) in [5.74, 6) is 2.05. The predicted octanol–water partition coefficient (Wildman–Crippen LogP) is 2.03. The molecule has 1 atom stereocenters. The van der Waals surface area contributed by atoms with E-state index < -0.39 is 0 Å². The minimum atomic E-state index is 0.376. The number of piperidine rings is 1. The summed E-state index contributed by atoms with van der Waals surface area (Å²) in [7, 11) is 3.79. The number of rotatable bonds is 5. The molecule has 1 aromatic heterocycles. The zero-order chi connectivity index (χ0) is 13.7. The van der Waals surface area contributed by atoms with E-state index in [9.17, 15) is 0 Å². The quantitative estimate of drug-likeness (QED) is 0.839. The number of anilines is 1. The van der Waals surface area contributed by atoms with Crippen LogP contribution in [0.25, 0.3) is 0 Å². The Morgan fingerprint density at radius 1 is 1.53 bits per heavy atom. The Morgan fingerprint density at radius 3 is 3.11 bits per heavy atom. The maximum atomic E-state index is 5.98. The van der Waals surface area contributed by atoms with Crippen molar-refractivity contribution in [2.45, 2.75) is 19.4 Å². The van der Waals surface area contributed by atoms with Gasteiger partial charge in [-0.2, -0.15) is 0 Å². The van der Waals surface area contributed by atoms with Crippen molar-refractivity contribution in [3.05, 3.63) is 17.0 Å². The monoisotopic (exact) mass is 284 g/mol. The number of methoxy groups -OCH3 is 1. The first-order chi connectivity index (χ1) is 9.17. The summed E-state index contributed by atoms with van der Waals surface area (Å²) in [4.78, 5) is 10.9. The topological polar surface area (TPSA) is 50.3 Å². The molecular weight excluding hydrogens is 264 g/mol. The van der Waals surface area contributed by atoms with Gasteiger partial charge in [0.1, 0.15) is 17.6 Å². The molecule has 2 rings (SSSR count). The van der Waals surface area contributed by atoms with Crippen molar-refractivity contribution < 1.29 is 4.74 Å². The molecule has 5 nitrogen and oxygen atoms in total. The molecule has 1 saturated heterocycles. The van der Waals surface area contributed by atoms with Gasteiger partial charge < -0.3 is 15.0 Å². The summed E-state index contributed by atoms with van der Waals surface area (Å²) in [6.07, 6.45) is 2.53. The molecule has 0 bridgehead atoms. The molecule has 6 heteroatoms. The molecular formula is C13H21ClN4O. The van der Waals surface area contributed by atoms with E-state index >= 15 is 0 Å². The highest BCUT2D eigenvalue weighted by molar-refractivity contribution is 6.29. The van der Waals surface area contributed by atoms with Crippen molar-refractivity contribution >= 4 is 17.4 Å². The Balaban J connectivity index is 1.91. The molecule has 1 aliphatic heterocycles. The fourth-order valence-electron chi connectivity index (χ4n) is 2.44. The fourth-order valence-corrected chi connectivity index (χ4v) is 2.64. The second-order valence-electron chi connectivity index (χ2n) is 5.08. The first-order valence-electron chi connectivity index (χ1n) is 6.62. The molecule has 2 heterocycles. The molecule has 1 aromatic rings. The number of aromatic nitrogens is 2. The smallest absolute Gasteiger partial charge is 0.158 e. The number of nitrogens with zero attached hydrogens (tertiary/aromatic N) is 3. The fraction of sp³-hybridized carbons (Fsp3) is 0.692. The second-order valence-corrected chi connectivity index (χ2v) is 5.46. The lowest BCUT2D eigenvalue weighted by atomic mass is 9.98. The standard InChI is InChI=1S/C13H21ClN4O/c1-18-5-3-4-10(8-18)7-15-12-6-11(14)16-13(17-12)9-19-2/h6,10H,3-5,7-9H2,1-2H3,(H,15,16,17). The van der Waals surface area contributed by atoms with E-state index in [-0.39, 0.29) is 0 Å². The van der Waals surface area contributed by atoms with E-state index in [1.807, 2.05) is 0 Å². The second kappa shape index (κ2) is 7.03. The lowest BCUT2D eigenvalue weighted by Gasteiger charge is -2.29. The Bertz CT molecular complexity index is 416. The molecule has 1 unspecified atom stereocenters. The van der Waals surface area contributed by atoms with Crippen LogP contribution in [0.3, 0.4) is 0 Å². The van der Waals surface area contributed by atoms with E-state index in [2.05, 4.69) is 27.2 Å². The number of hydrogen-bond acceptors (Lipinski definition) is 5. The summed E-state index contributed by atoms with van der Waals surface area (Å²) >= 11 is 5.98. The lowest BCUT2D eigenvalue weighted by molar-refractivity contribution is 0.178. The van der Waals surface area contributed by atoms with E-state index in [1.54, 1.807) is 13.2 Å². The van der Waals surface area contributed by atoms with Crippen LogP contribution in [-0.2, 0) is 11.3 Å². The maximum Gasteiger partial charge on any atom is 0.158 e. The summed E-state index contributed by atoms with van der Waals surface area (Å²) in [5.41, 5.74) is 0. The van der Waals surface area contributed by atoms with Gasteiger partial charge in [0.2, 0.25) is 0 Å². The third-order valence-electron chi connectivity index (χ3n) is 3.31. The number of hydrogen-bond donors (Lipinski definition) is 1. The molecule has 0 spiro atoms. The van der Waals surface area contributed by atoms with Crippen molar-refractivity contribution in [2.75, 3.05) is 39.1 Å². The molecule has 0 amide bonds. The molecule has 1 fully saturated rings. The van der Waals surface area contributed by atoms with Crippen molar-refractivity contribution in [3.8, 4) is 0 Å². The SMILES string of the molecule is COCc1nc(Cl)cc(NCC2CCCN(C)C2)n1. The molecule has 1 aliphatic rings. The number of ether oxygens (including phenoxy) is 1. The third kappa shape index (κ3) is 4.60. The molecule has 0 aromatic carbocycles. The highest BCUT2D eigenvalue weighted by Gasteiger charge is 2.17. The van der Waals surface area contributed by atoms with Gasteiger partial charge in [-0.05, 0) is 32.4 Å². The first kappa shape index (κ1) is 14.5. The van der Waals surface area contributed by atoms with Crippen molar-refractivity contribution in [3.63, 3.8) is 0 Å². The highest BCUT2D eigenvalue weighted by atomic mass is 35.5. The lowest BCUT2D eigenvalue weighted by Crippen LogP contribution is -2.35. The van der Waals surface area contributed by atoms with Crippen LogP contribution in [0.2, 0.25) is 5.15 Å². The average molecular weight is 285 g/mol. The maximum absolute atomic E-state index is 5.98.